The number of pyridine rings is 1. The fourth-order valence-corrected chi connectivity index (χ4v) is 4.00. The average Bonchev–Trinajstić information content (AvgIpc) is 2.91. The molecular formula is C20H19ClN2O2S. The fraction of sp³-hybridized carbons (Fsp3) is 0.200. The molecule has 0 unspecified atom stereocenters. The van der Waals surface area contributed by atoms with Crippen LogP contribution in [0.4, 0.5) is 0 Å². The van der Waals surface area contributed by atoms with Crippen molar-refractivity contribution in [2.24, 2.45) is 0 Å². The van der Waals surface area contributed by atoms with Crippen molar-refractivity contribution in [3.63, 3.8) is 0 Å². The molecule has 0 aliphatic heterocycles. The van der Waals surface area contributed by atoms with E-state index in [0.29, 0.717) is 15.6 Å². The summed E-state index contributed by atoms with van der Waals surface area (Å²) in [5.41, 5.74) is 3.49. The van der Waals surface area contributed by atoms with E-state index in [2.05, 4.69) is 0 Å². The van der Waals surface area contributed by atoms with Crippen molar-refractivity contribution in [1.82, 2.24) is 4.57 Å². The first kappa shape index (κ1) is 18.5. The molecule has 134 valence electrons. The van der Waals surface area contributed by atoms with E-state index >= 15 is 0 Å². The number of aromatic nitrogens is 2. The Kier molecular flexibility index (Phi) is 5.39. The molecule has 0 fully saturated rings. The minimum Gasteiger partial charge on any atom is -0.618 e. The third-order valence-corrected chi connectivity index (χ3v) is 5.61. The van der Waals surface area contributed by atoms with Crippen LogP contribution in [0.3, 0.4) is 0 Å². The molecule has 2 aromatic heterocycles. The molecule has 0 aliphatic carbocycles. The summed E-state index contributed by atoms with van der Waals surface area (Å²) < 4.78 is 2.82. The largest absolute Gasteiger partial charge is 0.618 e. The third-order valence-electron chi connectivity index (χ3n) is 4.24. The second-order valence-electron chi connectivity index (χ2n) is 6.09. The molecule has 1 atom stereocenters. The summed E-state index contributed by atoms with van der Waals surface area (Å²) in [5.74, 6) is 0.00664. The summed E-state index contributed by atoms with van der Waals surface area (Å²) in [6.07, 6.45) is 1.44. The highest BCUT2D eigenvalue weighted by Gasteiger charge is 2.24. The van der Waals surface area contributed by atoms with E-state index in [1.807, 2.05) is 55.7 Å². The van der Waals surface area contributed by atoms with Gasteiger partial charge in [-0.1, -0.05) is 11.6 Å². The highest BCUT2D eigenvalue weighted by molar-refractivity contribution is 8.00. The molecule has 0 bridgehead atoms. The van der Waals surface area contributed by atoms with Gasteiger partial charge in [0.15, 0.2) is 12.0 Å². The van der Waals surface area contributed by atoms with Gasteiger partial charge in [0.05, 0.1) is 5.25 Å². The Hall–Kier alpha value is -2.24. The number of benzene rings is 1. The number of halogens is 1. The first-order valence-electron chi connectivity index (χ1n) is 8.22. The number of Topliss-reactive ketones (excluding diaryl/α,β-unsaturated/α-hetero) is 1. The summed E-state index contributed by atoms with van der Waals surface area (Å²) in [6, 6.07) is 14.6. The summed E-state index contributed by atoms with van der Waals surface area (Å²) in [7, 11) is 0. The average molecular weight is 387 g/mol. The van der Waals surface area contributed by atoms with Crippen LogP contribution in [0, 0.1) is 19.1 Å². The SMILES string of the molecule is Cc1cc(C(=O)[C@@H](C)Sc2cccc[n+]2[O-])c(C)n1-c1ccc(Cl)cc1. The Bertz CT molecular complexity index is 951. The number of hydrogen-bond donors (Lipinski definition) is 0. The molecule has 0 aliphatic rings. The lowest BCUT2D eigenvalue weighted by Crippen LogP contribution is -2.29. The van der Waals surface area contributed by atoms with Crippen LogP contribution in [0.25, 0.3) is 5.69 Å². The third kappa shape index (κ3) is 3.64. The van der Waals surface area contributed by atoms with Crippen LogP contribution in [0.1, 0.15) is 28.7 Å². The second-order valence-corrected chi connectivity index (χ2v) is 7.88. The normalized spacial score (nSPS) is 12.2. The van der Waals surface area contributed by atoms with Gasteiger partial charge >= 0.3 is 0 Å². The van der Waals surface area contributed by atoms with Crippen molar-refractivity contribution in [3.05, 3.63) is 81.9 Å². The van der Waals surface area contributed by atoms with Gasteiger partial charge in [0.2, 0.25) is 0 Å². The minimum absolute atomic E-state index is 0.00664. The lowest BCUT2D eigenvalue weighted by atomic mass is 10.1. The Morgan fingerprint density at radius 3 is 2.54 bits per heavy atom. The van der Waals surface area contributed by atoms with E-state index in [-0.39, 0.29) is 11.0 Å². The van der Waals surface area contributed by atoms with Gasteiger partial charge in [-0.3, -0.25) is 4.79 Å². The Labute approximate surface area is 162 Å². The maximum atomic E-state index is 13.0. The molecule has 0 N–H and O–H groups in total. The van der Waals surface area contributed by atoms with Crippen LogP contribution in [-0.2, 0) is 0 Å². The molecule has 3 aromatic rings. The molecule has 4 nitrogen and oxygen atoms in total. The van der Waals surface area contributed by atoms with Crippen LogP contribution < -0.4 is 4.73 Å². The summed E-state index contributed by atoms with van der Waals surface area (Å²) in [6.45, 7) is 5.73. The van der Waals surface area contributed by atoms with Gasteiger partial charge < -0.3 is 9.77 Å². The standard InChI is InChI=1S/C20H19ClN2O2S/c1-13-12-18(14(2)23(13)17-9-7-16(21)8-10-17)20(24)15(3)26-19-6-4-5-11-22(19)25/h4-12,15H,1-3H3/t15-/m1/s1. The number of thioether (sulfide) groups is 1. The molecule has 0 amide bonds. The maximum absolute atomic E-state index is 13.0. The van der Waals surface area contributed by atoms with E-state index in [0.717, 1.165) is 21.8 Å². The monoisotopic (exact) mass is 386 g/mol. The van der Waals surface area contributed by atoms with Crippen LogP contribution in [0.2, 0.25) is 5.02 Å². The Balaban J connectivity index is 1.89. The van der Waals surface area contributed by atoms with Gasteiger partial charge in [0.25, 0.3) is 5.03 Å². The number of ketones is 1. The van der Waals surface area contributed by atoms with Crippen molar-refractivity contribution in [2.75, 3.05) is 0 Å². The molecule has 6 heteroatoms. The predicted molar refractivity (Wildman–Crippen MR) is 105 cm³/mol. The van der Waals surface area contributed by atoms with Crippen LogP contribution >= 0.6 is 23.4 Å². The van der Waals surface area contributed by atoms with Crippen molar-refractivity contribution in [1.29, 1.82) is 0 Å². The number of nitrogens with zero attached hydrogens (tertiary/aromatic N) is 2. The number of hydrogen-bond acceptors (Lipinski definition) is 3. The summed E-state index contributed by atoms with van der Waals surface area (Å²) in [5, 5.41) is 12.6. The number of carbonyl (C=O) groups excluding carboxylic acids is 1. The van der Waals surface area contributed by atoms with Crippen molar-refractivity contribution in [2.45, 2.75) is 31.0 Å². The lowest BCUT2D eigenvalue weighted by molar-refractivity contribution is -0.645. The van der Waals surface area contributed by atoms with Crippen LogP contribution in [0.5, 0.6) is 0 Å². The Morgan fingerprint density at radius 1 is 1.19 bits per heavy atom. The van der Waals surface area contributed by atoms with E-state index in [1.165, 1.54) is 18.0 Å². The second kappa shape index (κ2) is 7.56. The number of rotatable bonds is 5. The topological polar surface area (TPSA) is 48.9 Å². The fourth-order valence-electron chi connectivity index (χ4n) is 2.96. The number of aryl methyl sites for hydroxylation is 1. The quantitative estimate of drug-likeness (QED) is 0.275. The lowest BCUT2D eigenvalue weighted by Gasteiger charge is -2.12. The maximum Gasteiger partial charge on any atom is 0.252 e. The highest BCUT2D eigenvalue weighted by atomic mass is 35.5. The molecule has 0 saturated carbocycles. The molecule has 0 saturated heterocycles. The zero-order valence-electron chi connectivity index (χ0n) is 14.8. The zero-order chi connectivity index (χ0) is 18.8. The van der Waals surface area contributed by atoms with Crippen LogP contribution in [0.15, 0.2) is 59.8 Å². The van der Waals surface area contributed by atoms with Gasteiger partial charge in [-0.25, -0.2) is 0 Å². The smallest absolute Gasteiger partial charge is 0.252 e. The number of carbonyl (C=O) groups is 1. The molecule has 2 heterocycles. The Morgan fingerprint density at radius 2 is 1.88 bits per heavy atom. The summed E-state index contributed by atoms with van der Waals surface area (Å²) in [4.78, 5) is 13.0. The van der Waals surface area contributed by atoms with Crippen LogP contribution in [-0.4, -0.2) is 15.6 Å². The predicted octanol–water partition coefficient (Wildman–Crippen LogP) is 4.74. The van der Waals surface area contributed by atoms with Crippen molar-refractivity contribution >= 4 is 29.1 Å². The zero-order valence-corrected chi connectivity index (χ0v) is 16.3. The van der Waals surface area contributed by atoms with Gasteiger partial charge in [-0.05, 0) is 68.9 Å². The van der Waals surface area contributed by atoms with Gasteiger partial charge in [-0.2, -0.15) is 4.73 Å². The minimum atomic E-state index is -0.364. The molecule has 0 spiro atoms. The van der Waals surface area contributed by atoms with Crippen molar-refractivity contribution in [3.8, 4) is 5.69 Å². The van der Waals surface area contributed by atoms with E-state index in [4.69, 9.17) is 11.6 Å². The van der Waals surface area contributed by atoms with Gasteiger partial charge in [0, 0.05) is 39.8 Å². The highest BCUT2D eigenvalue weighted by Crippen LogP contribution is 2.27. The molecular weight excluding hydrogens is 368 g/mol. The van der Waals surface area contributed by atoms with Gasteiger partial charge in [-0.15, -0.1) is 0 Å². The van der Waals surface area contributed by atoms with Crippen molar-refractivity contribution < 1.29 is 9.52 Å². The first-order valence-corrected chi connectivity index (χ1v) is 9.48. The first-order chi connectivity index (χ1) is 12.4. The molecule has 3 rings (SSSR count). The van der Waals surface area contributed by atoms with E-state index < -0.39 is 0 Å². The van der Waals surface area contributed by atoms with Gasteiger partial charge in [0.1, 0.15) is 0 Å². The van der Waals surface area contributed by atoms with E-state index in [9.17, 15) is 10.0 Å². The molecule has 26 heavy (non-hydrogen) atoms. The molecule has 1 aromatic carbocycles. The summed E-state index contributed by atoms with van der Waals surface area (Å²) >= 11 is 7.24. The van der Waals surface area contributed by atoms with E-state index in [1.54, 1.807) is 18.2 Å². The molecule has 0 radical (unpaired) electrons.